The molecule has 0 radical (unpaired) electrons. The van der Waals surface area contributed by atoms with E-state index < -0.39 is 5.91 Å². The molecular formula is C23H21N5O. The van der Waals surface area contributed by atoms with E-state index in [1.54, 1.807) is 6.07 Å². The average molecular weight is 383 g/mol. The Labute approximate surface area is 168 Å². The number of carbonyl (C=O) groups is 1. The lowest BCUT2D eigenvalue weighted by molar-refractivity contribution is 0.100. The highest BCUT2D eigenvalue weighted by molar-refractivity contribution is 6.06. The van der Waals surface area contributed by atoms with Gasteiger partial charge in [-0.2, -0.15) is 0 Å². The smallest absolute Gasteiger partial charge is 0.250 e. The Hall–Kier alpha value is -3.67. The summed E-state index contributed by atoms with van der Waals surface area (Å²) >= 11 is 0. The van der Waals surface area contributed by atoms with Crippen molar-refractivity contribution in [1.29, 1.82) is 0 Å². The Kier molecular flexibility index (Phi) is 4.24. The molecule has 5 rings (SSSR count). The van der Waals surface area contributed by atoms with Gasteiger partial charge in [0.25, 0.3) is 5.91 Å². The molecule has 6 nitrogen and oxygen atoms in total. The molecule has 1 unspecified atom stereocenters. The molecule has 0 aliphatic carbocycles. The first kappa shape index (κ1) is 17.4. The first-order valence-electron chi connectivity index (χ1n) is 9.73. The van der Waals surface area contributed by atoms with Gasteiger partial charge in [0, 0.05) is 35.6 Å². The molecule has 4 aromatic rings. The molecule has 1 amide bonds. The van der Waals surface area contributed by atoms with Gasteiger partial charge >= 0.3 is 0 Å². The van der Waals surface area contributed by atoms with Crippen LogP contribution in [-0.4, -0.2) is 35.0 Å². The maximum atomic E-state index is 11.7. The quantitative estimate of drug-likeness (QED) is 0.563. The van der Waals surface area contributed by atoms with Gasteiger partial charge in [-0.05, 0) is 30.0 Å². The fourth-order valence-corrected chi connectivity index (χ4v) is 4.18. The number of benzene rings is 3. The van der Waals surface area contributed by atoms with E-state index in [-0.39, 0.29) is 6.04 Å². The highest BCUT2D eigenvalue weighted by Gasteiger charge is 2.24. The van der Waals surface area contributed by atoms with Crippen LogP contribution < -0.4 is 16.0 Å². The molecule has 144 valence electrons. The topological polar surface area (TPSA) is 84.1 Å². The maximum absolute atomic E-state index is 11.7. The maximum Gasteiger partial charge on any atom is 0.250 e. The van der Waals surface area contributed by atoms with Gasteiger partial charge in [0.1, 0.15) is 12.1 Å². The average Bonchev–Trinajstić information content (AvgIpc) is 3.21. The minimum absolute atomic E-state index is 0.254. The van der Waals surface area contributed by atoms with E-state index in [1.807, 2.05) is 12.1 Å². The molecule has 3 aromatic carbocycles. The van der Waals surface area contributed by atoms with Crippen molar-refractivity contribution >= 4 is 39.1 Å². The minimum Gasteiger partial charge on any atom is -0.369 e. The molecule has 1 atom stereocenters. The third-order valence-electron chi connectivity index (χ3n) is 5.57. The summed E-state index contributed by atoms with van der Waals surface area (Å²) in [6, 6.07) is 20.6. The van der Waals surface area contributed by atoms with E-state index in [2.05, 4.69) is 62.6 Å². The second kappa shape index (κ2) is 7.05. The van der Waals surface area contributed by atoms with E-state index in [4.69, 9.17) is 5.73 Å². The molecule has 3 N–H and O–H groups in total. The number of fused-ring (bicyclic) bond motifs is 2. The summed E-state index contributed by atoms with van der Waals surface area (Å²) < 4.78 is 0. The number of nitrogens with zero attached hydrogens (tertiary/aromatic N) is 3. The monoisotopic (exact) mass is 383 g/mol. The predicted octanol–water partition coefficient (Wildman–Crippen LogP) is 3.57. The molecule has 2 heterocycles. The van der Waals surface area contributed by atoms with E-state index in [0.717, 1.165) is 30.7 Å². The van der Waals surface area contributed by atoms with Gasteiger partial charge < -0.3 is 16.0 Å². The number of rotatable bonds is 4. The van der Waals surface area contributed by atoms with Crippen molar-refractivity contribution in [3.8, 4) is 0 Å². The van der Waals surface area contributed by atoms with Gasteiger partial charge in [0.15, 0.2) is 0 Å². The molecule has 1 aromatic heterocycles. The SMILES string of the molecule is NC(=O)c1cccc2c(NC3CCN(c4cccc5ccccc45)C3)ncnc12. The van der Waals surface area contributed by atoms with Crippen LogP contribution in [0.15, 0.2) is 67.0 Å². The van der Waals surface area contributed by atoms with Crippen LogP contribution in [-0.2, 0) is 0 Å². The summed E-state index contributed by atoms with van der Waals surface area (Å²) in [7, 11) is 0. The molecule has 0 saturated carbocycles. The number of amides is 1. The van der Waals surface area contributed by atoms with E-state index >= 15 is 0 Å². The minimum atomic E-state index is -0.483. The standard InChI is InChI=1S/C23H21N5O/c24-22(29)18-8-4-9-19-21(18)25-14-26-23(19)27-16-11-12-28(13-16)20-10-3-6-15-5-1-2-7-17(15)20/h1-10,14,16H,11-13H2,(H2,24,29)(H,25,26,27). The number of hydrogen-bond acceptors (Lipinski definition) is 5. The summed E-state index contributed by atoms with van der Waals surface area (Å²) in [4.78, 5) is 22.8. The van der Waals surface area contributed by atoms with Gasteiger partial charge in [-0.15, -0.1) is 0 Å². The van der Waals surface area contributed by atoms with E-state index in [0.29, 0.717) is 11.1 Å². The van der Waals surface area contributed by atoms with Gasteiger partial charge in [-0.1, -0.05) is 42.5 Å². The van der Waals surface area contributed by atoms with Crippen LogP contribution in [0, 0.1) is 0 Å². The van der Waals surface area contributed by atoms with Crippen LogP contribution in [0.2, 0.25) is 0 Å². The van der Waals surface area contributed by atoms with Crippen LogP contribution in [0.5, 0.6) is 0 Å². The molecular weight excluding hydrogens is 362 g/mol. The number of primary amides is 1. The Morgan fingerprint density at radius 2 is 1.79 bits per heavy atom. The molecule has 6 heteroatoms. The second-order valence-electron chi connectivity index (χ2n) is 7.36. The van der Waals surface area contributed by atoms with Crippen molar-refractivity contribution in [3.63, 3.8) is 0 Å². The lowest BCUT2D eigenvalue weighted by Gasteiger charge is -2.21. The predicted molar refractivity (Wildman–Crippen MR) is 116 cm³/mol. The summed E-state index contributed by atoms with van der Waals surface area (Å²) in [5.41, 5.74) is 7.75. The first-order valence-corrected chi connectivity index (χ1v) is 9.73. The number of hydrogen-bond donors (Lipinski definition) is 2. The van der Waals surface area contributed by atoms with Crippen LogP contribution in [0.4, 0.5) is 11.5 Å². The number of nitrogens with one attached hydrogen (secondary N) is 1. The third kappa shape index (κ3) is 3.12. The van der Waals surface area contributed by atoms with Crippen molar-refractivity contribution in [2.75, 3.05) is 23.3 Å². The van der Waals surface area contributed by atoms with Gasteiger partial charge in [-0.3, -0.25) is 4.79 Å². The lowest BCUT2D eigenvalue weighted by Crippen LogP contribution is -2.26. The van der Waals surface area contributed by atoms with Gasteiger partial charge in [0.05, 0.1) is 11.1 Å². The zero-order valence-electron chi connectivity index (χ0n) is 15.9. The fourth-order valence-electron chi connectivity index (χ4n) is 4.18. The zero-order valence-corrected chi connectivity index (χ0v) is 15.9. The Balaban J connectivity index is 1.42. The number of anilines is 2. The van der Waals surface area contributed by atoms with Crippen LogP contribution in [0.1, 0.15) is 16.8 Å². The lowest BCUT2D eigenvalue weighted by atomic mass is 10.1. The van der Waals surface area contributed by atoms with Crippen molar-refractivity contribution in [2.45, 2.75) is 12.5 Å². The molecule has 1 aliphatic rings. The summed E-state index contributed by atoms with van der Waals surface area (Å²) in [6.07, 6.45) is 2.48. The van der Waals surface area contributed by atoms with Crippen LogP contribution >= 0.6 is 0 Å². The summed E-state index contributed by atoms with van der Waals surface area (Å²) in [5, 5.41) is 6.89. The molecule has 29 heavy (non-hydrogen) atoms. The highest BCUT2D eigenvalue weighted by Crippen LogP contribution is 2.30. The number of nitrogens with two attached hydrogens (primary N) is 1. The van der Waals surface area contributed by atoms with Gasteiger partial charge in [-0.25, -0.2) is 9.97 Å². The van der Waals surface area contributed by atoms with Crippen molar-refractivity contribution in [2.24, 2.45) is 5.73 Å². The van der Waals surface area contributed by atoms with Crippen molar-refractivity contribution in [3.05, 3.63) is 72.6 Å². The van der Waals surface area contributed by atoms with Crippen molar-refractivity contribution in [1.82, 2.24) is 9.97 Å². The largest absolute Gasteiger partial charge is 0.369 e. The number of carbonyl (C=O) groups excluding carboxylic acids is 1. The summed E-state index contributed by atoms with van der Waals surface area (Å²) in [5.74, 6) is 0.256. The Morgan fingerprint density at radius 1 is 1.00 bits per heavy atom. The number of aromatic nitrogens is 2. The normalized spacial score (nSPS) is 16.4. The zero-order chi connectivity index (χ0) is 19.8. The van der Waals surface area contributed by atoms with Gasteiger partial charge in [0.2, 0.25) is 0 Å². The molecule has 0 spiro atoms. The molecule has 1 fully saturated rings. The second-order valence-corrected chi connectivity index (χ2v) is 7.36. The fraction of sp³-hybridized carbons (Fsp3) is 0.174. The van der Waals surface area contributed by atoms with Crippen LogP contribution in [0.25, 0.3) is 21.7 Å². The Bertz CT molecular complexity index is 1220. The van der Waals surface area contributed by atoms with Crippen LogP contribution in [0.3, 0.4) is 0 Å². The van der Waals surface area contributed by atoms with Crippen molar-refractivity contribution < 1.29 is 4.79 Å². The Morgan fingerprint density at radius 3 is 2.69 bits per heavy atom. The van der Waals surface area contributed by atoms with E-state index in [1.165, 1.54) is 22.8 Å². The third-order valence-corrected chi connectivity index (χ3v) is 5.57. The summed E-state index contributed by atoms with van der Waals surface area (Å²) in [6.45, 7) is 1.86. The molecule has 1 saturated heterocycles. The highest BCUT2D eigenvalue weighted by atomic mass is 16.1. The number of para-hydroxylation sites is 1. The van der Waals surface area contributed by atoms with E-state index in [9.17, 15) is 4.79 Å². The molecule has 0 bridgehead atoms. The first-order chi connectivity index (χ1) is 14.2. The molecule has 1 aliphatic heterocycles.